The molecular formula is C20H13NO3S. The normalized spacial score (nSPS) is 12.5. The number of thiophene rings is 1. The molecule has 3 heterocycles. The highest BCUT2D eigenvalue weighted by atomic mass is 32.1. The summed E-state index contributed by atoms with van der Waals surface area (Å²) in [5.74, 6) is 2.68. The van der Waals surface area contributed by atoms with Gasteiger partial charge in [0.2, 0.25) is 12.7 Å². The van der Waals surface area contributed by atoms with Crippen LogP contribution in [0.3, 0.4) is 0 Å². The molecule has 0 unspecified atom stereocenters. The summed E-state index contributed by atoms with van der Waals surface area (Å²) in [4.78, 5) is 5.86. The molecule has 5 rings (SSSR count). The molecule has 4 nitrogen and oxygen atoms in total. The van der Waals surface area contributed by atoms with Crippen molar-refractivity contribution in [1.29, 1.82) is 0 Å². The number of ether oxygens (including phenoxy) is 3. The Bertz CT molecular complexity index is 1060. The molecule has 0 aliphatic carbocycles. The largest absolute Gasteiger partial charge is 0.454 e. The number of nitrogens with zero attached hydrogens (tertiary/aromatic N) is 1. The third-order valence-electron chi connectivity index (χ3n) is 4.04. The number of benzene rings is 2. The lowest BCUT2D eigenvalue weighted by atomic mass is 10.1. The summed E-state index contributed by atoms with van der Waals surface area (Å²) in [6.07, 6.45) is 0. The molecule has 2 aromatic heterocycles. The topological polar surface area (TPSA) is 40.6 Å². The van der Waals surface area contributed by atoms with Crippen LogP contribution in [0.2, 0.25) is 0 Å². The van der Waals surface area contributed by atoms with E-state index in [0.29, 0.717) is 17.4 Å². The summed E-state index contributed by atoms with van der Waals surface area (Å²) >= 11 is 1.66. The zero-order chi connectivity index (χ0) is 16.6. The second-order valence-corrected chi connectivity index (χ2v) is 6.58. The van der Waals surface area contributed by atoms with Crippen molar-refractivity contribution in [3.63, 3.8) is 0 Å². The Morgan fingerprint density at radius 2 is 1.84 bits per heavy atom. The molecule has 2 aromatic carbocycles. The number of hydrogen-bond acceptors (Lipinski definition) is 5. The van der Waals surface area contributed by atoms with Crippen LogP contribution in [0.15, 0.2) is 66.0 Å². The minimum atomic E-state index is 0.244. The van der Waals surface area contributed by atoms with Crippen LogP contribution in [-0.4, -0.2) is 11.8 Å². The summed E-state index contributed by atoms with van der Waals surface area (Å²) in [5, 5.41) is 4.11. The molecule has 0 bridgehead atoms. The molecule has 1 aliphatic heterocycles. The van der Waals surface area contributed by atoms with Crippen molar-refractivity contribution < 1.29 is 14.2 Å². The maximum atomic E-state index is 6.11. The van der Waals surface area contributed by atoms with E-state index in [2.05, 4.69) is 18.2 Å². The van der Waals surface area contributed by atoms with E-state index >= 15 is 0 Å². The Morgan fingerprint density at radius 1 is 0.920 bits per heavy atom. The van der Waals surface area contributed by atoms with Crippen molar-refractivity contribution in [3.05, 3.63) is 66.0 Å². The molecule has 1 aliphatic rings. The molecule has 0 radical (unpaired) electrons. The van der Waals surface area contributed by atoms with Gasteiger partial charge in [0, 0.05) is 11.5 Å². The van der Waals surface area contributed by atoms with Crippen LogP contribution in [0.5, 0.6) is 23.1 Å². The van der Waals surface area contributed by atoms with Gasteiger partial charge in [-0.05, 0) is 41.1 Å². The lowest BCUT2D eigenvalue weighted by Crippen LogP contribution is -1.93. The summed E-state index contributed by atoms with van der Waals surface area (Å²) in [5.41, 5.74) is 0.907. The second kappa shape index (κ2) is 5.79. The third kappa shape index (κ3) is 2.58. The molecule has 5 heteroatoms. The molecule has 0 amide bonds. The Balaban J connectivity index is 1.62. The maximum Gasteiger partial charge on any atom is 0.231 e. The number of hydrogen-bond donors (Lipinski definition) is 0. The quantitative estimate of drug-likeness (QED) is 0.492. The van der Waals surface area contributed by atoms with Crippen molar-refractivity contribution in [3.8, 4) is 33.7 Å². The van der Waals surface area contributed by atoms with E-state index in [9.17, 15) is 0 Å². The molecular weight excluding hydrogens is 334 g/mol. The van der Waals surface area contributed by atoms with E-state index < -0.39 is 0 Å². The fraction of sp³-hybridized carbons (Fsp3) is 0.0500. The Morgan fingerprint density at radius 3 is 2.76 bits per heavy atom. The first kappa shape index (κ1) is 14.3. The molecule has 0 N–H and O–H groups in total. The van der Waals surface area contributed by atoms with Gasteiger partial charge in [0.05, 0.1) is 10.6 Å². The van der Waals surface area contributed by atoms with Gasteiger partial charge in [-0.1, -0.05) is 24.3 Å². The van der Waals surface area contributed by atoms with Gasteiger partial charge in [0.15, 0.2) is 11.5 Å². The van der Waals surface area contributed by atoms with Gasteiger partial charge < -0.3 is 14.2 Å². The van der Waals surface area contributed by atoms with Crippen LogP contribution in [0.1, 0.15) is 0 Å². The zero-order valence-electron chi connectivity index (χ0n) is 13.1. The average Bonchev–Trinajstić information content (AvgIpc) is 3.33. The SMILES string of the molecule is c1csc(-c2cc3ccccc3c(Oc3ccc4c(c3)OCO4)n2)c1. The lowest BCUT2D eigenvalue weighted by Gasteiger charge is -2.10. The monoisotopic (exact) mass is 347 g/mol. The highest BCUT2D eigenvalue weighted by Crippen LogP contribution is 2.38. The Kier molecular flexibility index (Phi) is 3.31. The highest BCUT2D eigenvalue weighted by molar-refractivity contribution is 7.13. The molecule has 0 atom stereocenters. The number of rotatable bonds is 3. The molecule has 122 valence electrons. The van der Waals surface area contributed by atoms with Crippen LogP contribution >= 0.6 is 11.3 Å². The van der Waals surface area contributed by atoms with Crippen LogP contribution < -0.4 is 14.2 Å². The molecule has 0 fully saturated rings. The number of pyridine rings is 1. The van der Waals surface area contributed by atoms with Gasteiger partial charge in [-0.2, -0.15) is 0 Å². The predicted molar refractivity (Wildman–Crippen MR) is 97.7 cm³/mol. The summed E-state index contributed by atoms with van der Waals surface area (Å²) in [7, 11) is 0. The first-order valence-corrected chi connectivity index (χ1v) is 8.76. The predicted octanol–water partition coefficient (Wildman–Crippen LogP) is 5.48. The van der Waals surface area contributed by atoms with Gasteiger partial charge >= 0.3 is 0 Å². The van der Waals surface area contributed by atoms with E-state index in [4.69, 9.17) is 19.2 Å². The third-order valence-corrected chi connectivity index (χ3v) is 4.93. The van der Waals surface area contributed by atoms with Gasteiger partial charge in [-0.15, -0.1) is 11.3 Å². The van der Waals surface area contributed by atoms with E-state index in [0.717, 1.165) is 27.1 Å². The highest BCUT2D eigenvalue weighted by Gasteiger charge is 2.15. The van der Waals surface area contributed by atoms with E-state index in [1.165, 1.54) is 0 Å². The van der Waals surface area contributed by atoms with Gasteiger partial charge in [-0.3, -0.25) is 0 Å². The molecule has 0 spiro atoms. The zero-order valence-corrected chi connectivity index (χ0v) is 14.0. The average molecular weight is 347 g/mol. The summed E-state index contributed by atoms with van der Waals surface area (Å²) in [6, 6.07) is 19.8. The molecule has 4 aromatic rings. The first-order valence-electron chi connectivity index (χ1n) is 7.88. The fourth-order valence-corrected chi connectivity index (χ4v) is 3.53. The van der Waals surface area contributed by atoms with Crippen molar-refractivity contribution in [2.45, 2.75) is 0 Å². The summed E-state index contributed by atoms with van der Waals surface area (Å²) in [6.45, 7) is 0.244. The van der Waals surface area contributed by atoms with Gasteiger partial charge in [0.25, 0.3) is 0 Å². The molecule has 25 heavy (non-hydrogen) atoms. The van der Waals surface area contributed by atoms with Gasteiger partial charge in [-0.25, -0.2) is 4.98 Å². The van der Waals surface area contributed by atoms with Crippen LogP contribution in [-0.2, 0) is 0 Å². The number of fused-ring (bicyclic) bond motifs is 2. The van der Waals surface area contributed by atoms with Crippen LogP contribution in [0, 0.1) is 0 Å². The fourth-order valence-electron chi connectivity index (χ4n) is 2.85. The van der Waals surface area contributed by atoms with Gasteiger partial charge in [0.1, 0.15) is 5.75 Å². The van der Waals surface area contributed by atoms with Crippen molar-refractivity contribution in [1.82, 2.24) is 4.98 Å². The van der Waals surface area contributed by atoms with Crippen molar-refractivity contribution in [2.24, 2.45) is 0 Å². The number of aromatic nitrogens is 1. The minimum Gasteiger partial charge on any atom is -0.454 e. The van der Waals surface area contributed by atoms with Crippen LogP contribution in [0.25, 0.3) is 21.3 Å². The molecule has 0 saturated heterocycles. The Labute approximate surface area is 148 Å². The summed E-state index contributed by atoms with van der Waals surface area (Å²) < 4.78 is 16.9. The Hall–Kier alpha value is -3.05. The maximum absolute atomic E-state index is 6.11. The van der Waals surface area contributed by atoms with Crippen LogP contribution in [0.4, 0.5) is 0 Å². The standard InChI is InChI=1S/C20H13NO3S/c1-2-5-15-13(4-1)10-16(19-6-3-9-25-19)21-20(15)24-14-7-8-17-18(11-14)23-12-22-17/h1-11H,12H2. The van der Waals surface area contributed by atoms with E-state index in [-0.39, 0.29) is 6.79 Å². The first-order chi connectivity index (χ1) is 12.4. The smallest absolute Gasteiger partial charge is 0.231 e. The van der Waals surface area contributed by atoms with Crippen molar-refractivity contribution in [2.75, 3.05) is 6.79 Å². The second-order valence-electron chi connectivity index (χ2n) is 5.63. The van der Waals surface area contributed by atoms with E-state index in [1.54, 1.807) is 11.3 Å². The lowest BCUT2D eigenvalue weighted by molar-refractivity contribution is 0.174. The van der Waals surface area contributed by atoms with E-state index in [1.807, 2.05) is 47.8 Å². The molecule has 0 saturated carbocycles. The van der Waals surface area contributed by atoms with Crippen molar-refractivity contribution >= 4 is 22.1 Å². The minimum absolute atomic E-state index is 0.244.